The highest BCUT2D eigenvalue weighted by Crippen LogP contribution is 2.56. The summed E-state index contributed by atoms with van der Waals surface area (Å²) in [7, 11) is -0.626. The summed E-state index contributed by atoms with van der Waals surface area (Å²) in [6, 6.07) is 47.5. The zero-order valence-electron chi connectivity index (χ0n) is 19.6. The highest BCUT2D eigenvalue weighted by molar-refractivity contribution is 7.79. The van der Waals surface area contributed by atoms with Crippen LogP contribution < -0.4 is 15.9 Å². The third-order valence-electron chi connectivity index (χ3n) is 7.80. The average molecular weight is 467 g/mol. The minimum Gasteiger partial charge on any atom is -0.0622 e. The number of hydrogen-bond donors (Lipinski definition) is 0. The van der Waals surface area contributed by atoms with E-state index in [1.807, 2.05) is 0 Å². The summed E-state index contributed by atoms with van der Waals surface area (Å²) in [4.78, 5) is 0. The van der Waals surface area contributed by atoms with Crippen LogP contribution in [0.5, 0.6) is 0 Å². The molecule has 0 aliphatic heterocycles. The van der Waals surface area contributed by atoms with E-state index < -0.39 is 7.92 Å². The lowest BCUT2D eigenvalue weighted by Gasteiger charge is -2.43. The molecule has 8 rings (SSSR count). The van der Waals surface area contributed by atoms with Crippen molar-refractivity contribution in [1.29, 1.82) is 0 Å². The summed E-state index contributed by atoms with van der Waals surface area (Å²) in [5.74, 6) is 0.951. The van der Waals surface area contributed by atoms with Crippen LogP contribution >= 0.6 is 7.92 Å². The number of fused-ring (bicyclic) bond motifs is 1. The summed E-state index contributed by atoms with van der Waals surface area (Å²) in [5.41, 5.74) is 9.06. The number of rotatable bonds is 4. The number of benzene rings is 5. The molecule has 0 spiro atoms. The molecule has 5 aromatic carbocycles. The van der Waals surface area contributed by atoms with Crippen molar-refractivity contribution in [2.24, 2.45) is 0 Å². The van der Waals surface area contributed by atoms with Crippen molar-refractivity contribution < 1.29 is 0 Å². The van der Waals surface area contributed by atoms with Gasteiger partial charge in [-0.2, -0.15) is 0 Å². The second-order valence-corrected chi connectivity index (χ2v) is 11.8. The molecule has 2 unspecified atom stereocenters. The van der Waals surface area contributed by atoms with Crippen LogP contribution in [-0.2, 0) is 0 Å². The van der Waals surface area contributed by atoms with Crippen molar-refractivity contribution in [3.63, 3.8) is 0 Å². The lowest BCUT2D eigenvalue weighted by Crippen LogP contribution is -2.33. The van der Waals surface area contributed by atoms with Crippen molar-refractivity contribution in [2.75, 3.05) is 0 Å². The molecule has 0 nitrogen and oxygen atoms in total. The van der Waals surface area contributed by atoms with Crippen LogP contribution in [0.2, 0.25) is 0 Å². The van der Waals surface area contributed by atoms with Crippen molar-refractivity contribution in [1.82, 2.24) is 0 Å². The molecule has 2 atom stereocenters. The lowest BCUT2D eigenvalue weighted by molar-refractivity contribution is 0.523. The zero-order valence-corrected chi connectivity index (χ0v) is 20.5. The minimum atomic E-state index is -0.626. The number of hydrogen-bond acceptors (Lipinski definition) is 0. The van der Waals surface area contributed by atoms with Gasteiger partial charge in [0, 0.05) is 11.8 Å². The van der Waals surface area contributed by atoms with Gasteiger partial charge in [0.2, 0.25) is 0 Å². The Kier molecular flexibility index (Phi) is 5.15. The lowest BCUT2D eigenvalue weighted by atomic mass is 9.62. The van der Waals surface area contributed by atoms with Crippen LogP contribution in [0.4, 0.5) is 0 Å². The predicted octanol–water partition coefficient (Wildman–Crippen LogP) is 7.48. The SMILES string of the molecule is c1ccc(-c2cccc3c2C2CCC3c3cccc(P(c4ccccc4)c4ccccc4)c32)cc1. The van der Waals surface area contributed by atoms with Gasteiger partial charge in [0.1, 0.15) is 0 Å². The molecule has 2 bridgehead atoms. The second-order valence-electron chi connectivity index (χ2n) is 9.64. The first-order valence-corrected chi connectivity index (χ1v) is 14.0. The Morgan fingerprint density at radius 3 is 1.66 bits per heavy atom. The Hall–Kier alpha value is -3.47. The molecule has 0 radical (unpaired) electrons. The second kappa shape index (κ2) is 8.63. The van der Waals surface area contributed by atoms with Gasteiger partial charge in [0.15, 0.2) is 0 Å². The third kappa shape index (κ3) is 3.40. The summed E-state index contributed by atoms with van der Waals surface area (Å²) < 4.78 is 0. The van der Waals surface area contributed by atoms with E-state index in [9.17, 15) is 0 Å². The highest BCUT2D eigenvalue weighted by atomic mass is 31.1. The van der Waals surface area contributed by atoms with Crippen LogP contribution in [0.3, 0.4) is 0 Å². The van der Waals surface area contributed by atoms with E-state index in [0.717, 1.165) is 0 Å². The first-order chi connectivity index (χ1) is 17.4. The van der Waals surface area contributed by atoms with Gasteiger partial charge >= 0.3 is 0 Å². The molecule has 168 valence electrons. The van der Waals surface area contributed by atoms with Gasteiger partial charge in [0.25, 0.3) is 0 Å². The molecule has 0 heterocycles. The van der Waals surface area contributed by atoms with Gasteiger partial charge in [-0.3, -0.25) is 0 Å². The maximum absolute atomic E-state index is 2.43. The van der Waals surface area contributed by atoms with Crippen LogP contribution in [0.15, 0.2) is 127 Å². The molecule has 0 aromatic heterocycles. The fourth-order valence-electron chi connectivity index (χ4n) is 6.42. The maximum Gasteiger partial charge on any atom is 0.0108 e. The van der Waals surface area contributed by atoms with Crippen LogP contribution in [0.1, 0.15) is 46.9 Å². The Bertz CT molecular complexity index is 1450. The standard InChI is InChI=1S/C34H27P/c1-4-12-24(13-5-1)27-18-10-19-29-28-22-23-31(33(27)29)34-30(28)20-11-21-32(34)35(25-14-6-2-7-15-25)26-16-8-3-9-17-26/h1-21,28,31H,22-23H2. The van der Waals surface area contributed by atoms with Crippen molar-refractivity contribution in [3.05, 3.63) is 150 Å². The van der Waals surface area contributed by atoms with Gasteiger partial charge in [-0.05, 0) is 70.1 Å². The third-order valence-corrected chi connectivity index (χ3v) is 10.3. The topological polar surface area (TPSA) is 0 Å². The Morgan fingerprint density at radius 1 is 0.457 bits per heavy atom. The monoisotopic (exact) mass is 466 g/mol. The Morgan fingerprint density at radius 2 is 1.00 bits per heavy atom. The van der Waals surface area contributed by atoms with Gasteiger partial charge in [-0.25, -0.2) is 0 Å². The first kappa shape index (κ1) is 20.9. The van der Waals surface area contributed by atoms with Crippen LogP contribution in [-0.4, -0.2) is 0 Å². The normalized spacial score (nSPS) is 17.7. The first-order valence-electron chi connectivity index (χ1n) is 12.6. The molecule has 0 N–H and O–H groups in total. The molecule has 3 aliphatic carbocycles. The van der Waals surface area contributed by atoms with E-state index in [4.69, 9.17) is 0 Å². The minimum absolute atomic E-state index is 0.454. The van der Waals surface area contributed by atoms with E-state index in [2.05, 4.69) is 127 Å². The molecule has 0 saturated heterocycles. The van der Waals surface area contributed by atoms with E-state index in [1.54, 1.807) is 22.3 Å². The van der Waals surface area contributed by atoms with E-state index in [1.165, 1.54) is 39.9 Å². The average Bonchev–Trinajstić information content (AvgIpc) is 2.95. The maximum atomic E-state index is 2.43. The van der Waals surface area contributed by atoms with E-state index in [0.29, 0.717) is 11.8 Å². The molecular formula is C34H27P. The van der Waals surface area contributed by atoms with E-state index in [-0.39, 0.29) is 0 Å². The molecule has 5 aromatic rings. The van der Waals surface area contributed by atoms with Crippen molar-refractivity contribution in [2.45, 2.75) is 24.7 Å². The predicted molar refractivity (Wildman–Crippen MR) is 150 cm³/mol. The van der Waals surface area contributed by atoms with Gasteiger partial charge in [-0.15, -0.1) is 0 Å². The largest absolute Gasteiger partial charge is 0.0622 e. The molecule has 0 fully saturated rings. The van der Waals surface area contributed by atoms with Crippen LogP contribution in [0, 0.1) is 0 Å². The smallest absolute Gasteiger partial charge is 0.0108 e. The highest BCUT2D eigenvalue weighted by Gasteiger charge is 2.41. The molecule has 35 heavy (non-hydrogen) atoms. The molecular weight excluding hydrogens is 439 g/mol. The summed E-state index contributed by atoms with van der Waals surface area (Å²) in [6.07, 6.45) is 2.49. The van der Waals surface area contributed by atoms with Crippen LogP contribution in [0.25, 0.3) is 11.1 Å². The zero-order chi connectivity index (χ0) is 23.2. The van der Waals surface area contributed by atoms with Crippen molar-refractivity contribution in [3.8, 4) is 11.1 Å². The quantitative estimate of drug-likeness (QED) is 0.241. The fraction of sp³-hybridized carbons (Fsp3) is 0.118. The van der Waals surface area contributed by atoms with Gasteiger partial charge < -0.3 is 0 Å². The molecule has 0 saturated carbocycles. The summed E-state index contributed by atoms with van der Waals surface area (Å²) >= 11 is 0. The summed E-state index contributed by atoms with van der Waals surface area (Å²) in [6.45, 7) is 0. The van der Waals surface area contributed by atoms with Gasteiger partial charge in [-0.1, -0.05) is 127 Å². The Balaban J connectivity index is 1.47. The van der Waals surface area contributed by atoms with Gasteiger partial charge in [0.05, 0.1) is 0 Å². The molecule has 3 aliphatic rings. The van der Waals surface area contributed by atoms with E-state index >= 15 is 0 Å². The van der Waals surface area contributed by atoms with Crippen molar-refractivity contribution >= 4 is 23.8 Å². The summed E-state index contributed by atoms with van der Waals surface area (Å²) in [5, 5.41) is 4.40. The fourth-order valence-corrected chi connectivity index (χ4v) is 8.98. The molecule has 0 amide bonds. The Labute approximate surface area is 209 Å². The molecule has 1 heteroatoms.